The van der Waals surface area contributed by atoms with Gasteiger partial charge in [0.05, 0.1) is 6.54 Å². The molecule has 7 nitrogen and oxygen atoms in total. The van der Waals surface area contributed by atoms with E-state index in [0.717, 1.165) is 25.9 Å². The Kier molecular flexibility index (Phi) is 3.58. The Hall–Kier alpha value is -1.15. The fraction of sp³-hybridized carbons (Fsp3) is 0.800. The van der Waals surface area contributed by atoms with Crippen molar-refractivity contribution < 1.29 is 18.0 Å². The van der Waals surface area contributed by atoms with E-state index in [1.165, 1.54) is 4.90 Å². The third kappa shape index (κ3) is 2.81. The van der Waals surface area contributed by atoms with E-state index in [-0.39, 0.29) is 31.3 Å². The van der Waals surface area contributed by atoms with E-state index in [2.05, 4.69) is 0 Å². The first kappa shape index (κ1) is 13.3. The number of primary sulfonamides is 1. The summed E-state index contributed by atoms with van der Waals surface area (Å²) < 4.78 is 22.3. The van der Waals surface area contributed by atoms with Gasteiger partial charge in [-0.25, -0.2) is 13.6 Å². The lowest BCUT2D eigenvalue weighted by atomic mass is 10.4. The zero-order chi connectivity index (χ0) is 13.3. The van der Waals surface area contributed by atoms with Crippen molar-refractivity contribution in [3.63, 3.8) is 0 Å². The fourth-order valence-electron chi connectivity index (χ4n) is 2.34. The molecule has 102 valence electrons. The Bertz CT molecular complexity index is 456. The molecule has 0 radical (unpaired) electrons. The molecule has 2 aliphatic heterocycles. The number of rotatable bonds is 3. The minimum absolute atomic E-state index is 0.0250. The van der Waals surface area contributed by atoms with Gasteiger partial charge in [-0.2, -0.15) is 0 Å². The van der Waals surface area contributed by atoms with Crippen LogP contribution in [0.1, 0.15) is 19.3 Å². The fourth-order valence-corrected chi connectivity index (χ4v) is 3.10. The minimum atomic E-state index is -3.71. The van der Waals surface area contributed by atoms with Gasteiger partial charge in [0.1, 0.15) is 5.25 Å². The number of hydrogen-bond acceptors (Lipinski definition) is 4. The van der Waals surface area contributed by atoms with E-state index in [9.17, 15) is 18.0 Å². The second-order valence-corrected chi connectivity index (χ2v) is 6.62. The molecular weight excluding hydrogens is 258 g/mol. The van der Waals surface area contributed by atoms with Crippen molar-refractivity contribution in [3.05, 3.63) is 0 Å². The van der Waals surface area contributed by atoms with E-state index in [1.807, 2.05) is 0 Å². The van der Waals surface area contributed by atoms with Gasteiger partial charge in [-0.1, -0.05) is 0 Å². The number of sulfonamides is 1. The summed E-state index contributed by atoms with van der Waals surface area (Å²) in [6, 6.07) is 0. The Morgan fingerprint density at radius 3 is 2.44 bits per heavy atom. The molecule has 8 heteroatoms. The number of carbonyl (C=O) groups excluding carboxylic acids is 2. The Morgan fingerprint density at radius 1 is 1.33 bits per heavy atom. The van der Waals surface area contributed by atoms with Gasteiger partial charge >= 0.3 is 0 Å². The maximum absolute atomic E-state index is 11.9. The highest BCUT2D eigenvalue weighted by Gasteiger charge is 2.37. The number of hydrogen-bond donors (Lipinski definition) is 1. The summed E-state index contributed by atoms with van der Waals surface area (Å²) >= 11 is 0. The molecule has 0 spiro atoms. The predicted octanol–water partition coefficient (Wildman–Crippen LogP) is -1.50. The average molecular weight is 275 g/mol. The van der Waals surface area contributed by atoms with Crippen LogP contribution in [-0.4, -0.2) is 61.5 Å². The van der Waals surface area contributed by atoms with Crippen LogP contribution in [0.2, 0.25) is 0 Å². The van der Waals surface area contributed by atoms with Crippen LogP contribution in [0.25, 0.3) is 0 Å². The summed E-state index contributed by atoms with van der Waals surface area (Å²) in [6.45, 7) is 1.43. The Balaban J connectivity index is 1.94. The normalized spacial score (nSPS) is 24.9. The highest BCUT2D eigenvalue weighted by molar-refractivity contribution is 7.89. The van der Waals surface area contributed by atoms with Gasteiger partial charge in [0.25, 0.3) is 0 Å². The molecule has 2 N–H and O–H groups in total. The van der Waals surface area contributed by atoms with Gasteiger partial charge in [0.15, 0.2) is 0 Å². The van der Waals surface area contributed by atoms with Gasteiger partial charge in [-0.05, 0) is 12.8 Å². The van der Waals surface area contributed by atoms with Gasteiger partial charge < -0.3 is 9.80 Å². The zero-order valence-electron chi connectivity index (χ0n) is 10.0. The number of likely N-dealkylation sites (tertiary alicyclic amines) is 2. The van der Waals surface area contributed by atoms with E-state index in [1.54, 1.807) is 4.90 Å². The van der Waals surface area contributed by atoms with E-state index < -0.39 is 15.3 Å². The molecule has 18 heavy (non-hydrogen) atoms. The predicted molar refractivity (Wildman–Crippen MR) is 63.9 cm³/mol. The van der Waals surface area contributed by atoms with Crippen molar-refractivity contribution in [2.24, 2.45) is 5.14 Å². The first-order valence-corrected chi connectivity index (χ1v) is 7.56. The van der Waals surface area contributed by atoms with Crippen molar-refractivity contribution in [1.82, 2.24) is 9.80 Å². The molecule has 2 aliphatic rings. The van der Waals surface area contributed by atoms with Crippen molar-refractivity contribution >= 4 is 21.8 Å². The standard InChI is InChI=1S/C10H17N3O4S/c11-18(16,17)8-5-9(14)13(6-8)7-10(15)12-3-1-2-4-12/h8H,1-7H2,(H2,11,16,17). The summed E-state index contributed by atoms with van der Waals surface area (Å²) in [4.78, 5) is 26.5. The van der Waals surface area contributed by atoms with Gasteiger partial charge in [0, 0.05) is 26.1 Å². The molecule has 1 unspecified atom stereocenters. The van der Waals surface area contributed by atoms with Crippen molar-refractivity contribution in [3.8, 4) is 0 Å². The van der Waals surface area contributed by atoms with Gasteiger partial charge in [0.2, 0.25) is 21.8 Å². The highest BCUT2D eigenvalue weighted by atomic mass is 32.2. The number of nitrogens with two attached hydrogens (primary N) is 1. The Labute approximate surface area is 106 Å². The van der Waals surface area contributed by atoms with Crippen LogP contribution in [0.5, 0.6) is 0 Å². The molecule has 0 aliphatic carbocycles. The van der Waals surface area contributed by atoms with Crippen molar-refractivity contribution in [2.75, 3.05) is 26.2 Å². The SMILES string of the molecule is NS(=O)(=O)C1CC(=O)N(CC(=O)N2CCCC2)C1. The maximum Gasteiger partial charge on any atom is 0.242 e. The molecular formula is C10H17N3O4S. The lowest BCUT2D eigenvalue weighted by Crippen LogP contribution is -2.40. The molecule has 2 saturated heterocycles. The average Bonchev–Trinajstić information content (AvgIpc) is 2.87. The first-order chi connectivity index (χ1) is 8.38. The lowest BCUT2D eigenvalue weighted by Gasteiger charge is -2.20. The molecule has 0 aromatic carbocycles. The molecule has 0 bridgehead atoms. The van der Waals surface area contributed by atoms with Gasteiger partial charge in [-0.15, -0.1) is 0 Å². The molecule has 0 saturated carbocycles. The third-order valence-corrected chi connectivity index (χ3v) is 4.67. The van der Waals surface area contributed by atoms with Crippen LogP contribution < -0.4 is 5.14 Å². The summed E-state index contributed by atoms with van der Waals surface area (Å²) in [7, 11) is -3.71. The molecule has 0 aromatic heterocycles. The smallest absolute Gasteiger partial charge is 0.242 e. The van der Waals surface area contributed by atoms with Crippen LogP contribution in [0.3, 0.4) is 0 Å². The first-order valence-electron chi connectivity index (χ1n) is 5.95. The lowest BCUT2D eigenvalue weighted by molar-refractivity contribution is -0.137. The highest BCUT2D eigenvalue weighted by Crippen LogP contribution is 2.17. The number of carbonyl (C=O) groups is 2. The molecule has 2 heterocycles. The van der Waals surface area contributed by atoms with Crippen LogP contribution in [-0.2, 0) is 19.6 Å². The number of nitrogens with zero attached hydrogens (tertiary/aromatic N) is 2. The third-order valence-electron chi connectivity index (χ3n) is 3.43. The van der Waals surface area contributed by atoms with Crippen LogP contribution in [0, 0.1) is 0 Å². The molecule has 1 atom stereocenters. The quantitative estimate of drug-likeness (QED) is 0.677. The topological polar surface area (TPSA) is 101 Å². The molecule has 0 aromatic rings. The zero-order valence-corrected chi connectivity index (χ0v) is 10.9. The molecule has 2 amide bonds. The van der Waals surface area contributed by atoms with Crippen LogP contribution >= 0.6 is 0 Å². The van der Waals surface area contributed by atoms with Crippen LogP contribution in [0.4, 0.5) is 0 Å². The Morgan fingerprint density at radius 2 is 1.94 bits per heavy atom. The van der Waals surface area contributed by atoms with E-state index in [4.69, 9.17) is 5.14 Å². The maximum atomic E-state index is 11.9. The summed E-state index contributed by atoms with van der Waals surface area (Å²) in [6.07, 6.45) is 1.85. The number of amides is 2. The summed E-state index contributed by atoms with van der Waals surface area (Å²) in [5, 5.41) is 4.14. The van der Waals surface area contributed by atoms with Crippen LogP contribution in [0.15, 0.2) is 0 Å². The van der Waals surface area contributed by atoms with Crippen molar-refractivity contribution in [2.45, 2.75) is 24.5 Å². The molecule has 2 rings (SSSR count). The second-order valence-electron chi connectivity index (χ2n) is 4.78. The van der Waals surface area contributed by atoms with Crippen molar-refractivity contribution in [1.29, 1.82) is 0 Å². The monoisotopic (exact) mass is 275 g/mol. The minimum Gasteiger partial charge on any atom is -0.341 e. The summed E-state index contributed by atoms with van der Waals surface area (Å²) in [5.41, 5.74) is 0. The van der Waals surface area contributed by atoms with Gasteiger partial charge in [-0.3, -0.25) is 9.59 Å². The van der Waals surface area contributed by atoms with E-state index >= 15 is 0 Å². The second kappa shape index (κ2) is 4.85. The van der Waals surface area contributed by atoms with E-state index in [0.29, 0.717) is 0 Å². The molecule has 2 fully saturated rings. The summed E-state index contributed by atoms with van der Waals surface area (Å²) in [5.74, 6) is -0.433. The largest absolute Gasteiger partial charge is 0.341 e.